The molecule has 0 saturated carbocycles. The number of hydrogen-bond acceptors (Lipinski definition) is 3. The van der Waals surface area contributed by atoms with E-state index in [4.69, 9.17) is 4.74 Å². The van der Waals surface area contributed by atoms with Gasteiger partial charge < -0.3 is 14.7 Å². The SMILES string of the molecule is O=C(COc1ccccc1F)N1C[C@@H](O)C[C@H]1c1ccc(F)cc1. The number of carbonyl (C=O) groups excluding carboxylic acids is 1. The first-order valence-corrected chi connectivity index (χ1v) is 7.65. The molecule has 1 amide bonds. The number of carbonyl (C=O) groups is 1. The van der Waals surface area contributed by atoms with Gasteiger partial charge in [-0.3, -0.25) is 4.79 Å². The Hall–Kier alpha value is -2.47. The Bertz CT molecular complexity index is 720. The molecule has 1 N–H and O–H groups in total. The molecule has 1 aliphatic heterocycles. The van der Waals surface area contributed by atoms with Crippen LogP contribution < -0.4 is 4.74 Å². The molecule has 2 aromatic rings. The van der Waals surface area contributed by atoms with Gasteiger partial charge in [-0.2, -0.15) is 0 Å². The number of β-amino-alcohol motifs (C(OH)–C–C–N with tert-alkyl or cyclic N) is 1. The minimum Gasteiger partial charge on any atom is -0.481 e. The Morgan fingerprint density at radius 3 is 2.58 bits per heavy atom. The quantitative estimate of drug-likeness (QED) is 0.936. The fourth-order valence-electron chi connectivity index (χ4n) is 2.87. The summed E-state index contributed by atoms with van der Waals surface area (Å²) in [5.41, 5.74) is 0.743. The summed E-state index contributed by atoms with van der Waals surface area (Å²) in [6.45, 7) is -0.160. The zero-order valence-corrected chi connectivity index (χ0v) is 12.9. The fraction of sp³-hybridized carbons (Fsp3) is 0.278. The van der Waals surface area contributed by atoms with Crippen LogP contribution in [-0.2, 0) is 4.79 Å². The highest BCUT2D eigenvalue weighted by molar-refractivity contribution is 5.78. The molecule has 0 spiro atoms. The number of amides is 1. The summed E-state index contributed by atoms with van der Waals surface area (Å²) in [6.07, 6.45) is -0.283. The van der Waals surface area contributed by atoms with E-state index >= 15 is 0 Å². The molecule has 0 unspecified atom stereocenters. The summed E-state index contributed by atoms with van der Waals surface area (Å²) >= 11 is 0. The van der Waals surface area contributed by atoms with E-state index in [9.17, 15) is 18.7 Å². The van der Waals surface area contributed by atoms with Crippen molar-refractivity contribution < 1.29 is 23.4 Å². The molecule has 3 rings (SSSR count). The maximum absolute atomic E-state index is 13.5. The smallest absolute Gasteiger partial charge is 0.261 e. The third-order valence-electron chi connectivity index (χ3n) is 4.04. The normalized spacial score (nSPS) is 20.2. The summed E-state index contributed by atoms with van der Waals surface area (Å²) in [4.78, 5) is 13.9. The van der Waals surface area contributed by atoms with E-state index in [1.807, 2.05) is 0 Å². The molecular weight excluding hydrogens is 316 g/mol. The van der Waals surface area contributed by atoms with Gasteiger partial charge in [0.1, 0.15) is 5.82 Å². The number of aliphatic hydroxyl groups is 1. The van der Waals surface area contributed by atoms with E-state index in [2.05, 4.69) is 0 Å². The largest absolute Gasteiger partial charge is 0.481 e. The molecule has 1 fully saturated rings. The first-order chi connectivity index (χ1) is 11.5. The van der Waals surface area contributed by atoms with E-state index in [-0.39, 0.29) is 36.7 Å². The summed E-state index contributed by atoms with van der Waals surface area (Å²) in [7, 11) is 0. The maximum atomic E-state index is 13.5. The van der Waals surface area contributed by atoms with Crippen LogP contribution in [0, 0.1) is 11.6 Å². The molecule has 1 saturated heterocycles. The fourth-order valence-corrected chi connectivity index (χ4v) is 2.87. The van der Waals surface area contributed by atoms with Crippen LogP contribution in [0.1, 0.15) is 18.0 Å². The average molecular weight is 333 g/mol. The van der Waals surface area contributed by atoms with E-state index < -0.39 is 11.9 Å². The summed E-state index contributed by atoms with van der Waals surface area (Å²) in [5.74, 6) is -1.26. The van der Waals surface area contributed by atoms with Crippen molar-refractivity contribution in [3.63, 3.8) is 0 Å². The van der Waals surface area contributed by atoms with Crippen LogP contribution in [0.15, 0.2) is 48.5 Å². The maximum Gasteiger partial charge on any atom is 0.261 e. The van der Waals surface area contributed by atoms with Gasteiger partial charge in [0.2, 0.25) is 0 Å². The van der Waals surface area contributed by atoms with Crippen LogP contribution in [0.25, 0.3) is 0 Å². The molecule has 2 aromatic carbocycles. The monoisotopic (exact) mass is 333 g/mol. The minimum absolute atomic E-state index is 0.00364. The van der Waals surface area contributed by atoms with Gasteiger partial charge in [0.15, 0.2) is 18.2 Å². The standard InChI is InChI=1S/C18H17F2NO3/c19-13-7-5-12(6-8-13)16-9-14(22)10-21(16)18(23)11-24-17-4-2-1-3-15(17)20/h1-8,14,16,22H,9-11H2/t14-,16-/m0/s1. The molecule has 2 atom stereocenters. The lowest BCUT2D eigenvalue weighted by atomic mass is 10.0. The Morgan fingerprint density at radius 1 is 1.17 bits per heavy atom. The number of rotatable bonds is 4. The number of benzene rings is 2. The summed E-state index contributed by atoms with van der Waals surface area (Å²) in [6, 6.07) is 11.3. The molecule has 0 aromatic heterocycles. The first kappa shape index (κ1) is 16.4. The highest BCUT2D eigenvalue weighted by Gasteiger charge is 2.35. The molecule has 1 heterocycles. The summed E-state index contributed by atoms with van der Waals surface area (Å²) in [5, 5.41) is 9.90. The first-order valence-electron chi connectivity index (χ1n) is 7.65. The molecule has 126 valence electrons. The lowest BCUT2D eigenvalue weighted by Gasteiger charge is -2.24. The van der Waals surface area contributed by atoms with Crippen molar-refractivity contribution in [2.45, 2.75) is 18.6 Å². The lowest BCUT2D eigenvalue weighted by molar-refractivity contribution is -0.134. The Morgan fingerprint density at radius 2 is 1.88 bits per heavy atom. The van der Waals surface area contributed by atoms with Gasteiger partial charge >= 0.3 is 0 Å². The van der Waals surface area contributed by atoms with Crippen LogP contribution in [0.4, 0.5) is 8.78 Å². The molecule has 6 heteroatoms. The Balaban J connectivity index is 1.70. The number of nitrogens with zero attached hydrogens (tertiary/aromatic N) is 1. The van der Waals surface area contributed by atoms with Crippen molar-refractivity contribution >= 4 is 5.91 Å². The zero-order chi connectivity index (χ0) is 17.1. The third kappa shape index (κ3) is 3.54. The Kier molecular flexibility index (Phi) is 4.76. The van der Waals surface area contributed by atoms with Gasteiger partial charge in [-0.1, -0.05) is 24.3 Å². The van der Waals surface area contributed by atoms with E-state index in [0.29, 0.717) is 6.42 Å². The van der Waals surface area contributed by atoms with Crippen molar-refractivity contribution in [3.8, 4) is 5.75 Å². The second-order valence-electron chi connectivity index (χ2n) is 5.72. The van der Waals surface area contributed by atoms with Gasteiger partial charge in [-0.05, 0) is 36.2 Å². The third-order valence-corrected chi connectivity index (χ3v) is 4.04. The van der Waals surface area contributed by atoms with E-state index in [1.54, 1.807) is 18.2 Å². The predicted molar refractivity (Wildman–Crippen MR) is 83.4 cm³/mol. The van der Waals surface area contributed by atoms with Gasteiger partial charge in [-0.25, -0.2) is 8.78 Å². The predicted octanol–water partition coefficient (Wildman–Crippen LogP) is 2.68. The molecule has 24 heavy (non-hydrogen) atoms. The van der Waals surface area contributed by atoms with Crippen molar-refractivity contribution in [1.82, 2.24) is 4.90 Å². The molecule has 4 nitrogen and oxygen atoms in total. The molecule has 0 aliphatic carbocycles. The van der Waals surface area contributed by atoms with Crippen LogP contribution in [0.2, 0.25) is 0 Å². The second-order valence-corrected chi connectivity index (χ2v) is 5.72. The average Bonchev–Trinajstić information content (AvgIpc) is 2.96. The lowest BCUT2D eigenvalue weighted by Crippen LogP contribution is -2.35. The number of hydrogen-bond donors (Lipinski definition) is 1. The number of aliphatic hydroxyl groups excluding tert-OH is 1. The van der Waals surface area contributed by atoms with Gasteiger partial charge in [0.25, 0.3) is 5.91 Å². The minimum atomic E-state index is -0.655. The molecule has 0 radical (unpaired) electrons. The number of likely N-dealkylation sites (tertiary alicyclic amines) is 1. The highest BCUT2D eigenvalue weighted by atomic mass is 19.1. The Labute approximate surface area is 138 Å². The highest BCUT2D eigenvalue weighted by Crippen LogP contribution is 2.32. The van der Waals surface area contributed by atoms with Crippen molar-refractivity contribution in [2.75, 3.05) is 13.2 Å². The molecule has 1 aliphatic rings. The van der Waals surface area contributed by atoms with Crippen molar-refractivity contribution in [2.24, 2.45) is 0 Å². The van der Waals surface area contributed by atoms with Gasteiger partial charge in [0.05, 0.1) is 12.1 Å². The zero-order valence-electron chi connectivity index (χ0n) is 12.9. The number of para-hydroxylation sites is 1. The summed E-state index contributed by atoms with van der Waals surface area (Å²) < 4.78 is 31.8. The van der Waals surface area contributed by atoms with Crippen LogP contribution in [0.3, 0.4) is 0 Å². The molecule has 0 bridgehead atoms. The van der Waals surface area contributed by atoms with Crippen molar-refractivity contribution in [3.05, 3.63) is 65.7 Å². The topological polar surface area (TPSA) is 49.8 Å². The number of halogens is 2. The molecular formula is C18H17F2NO3. The van der Waals surface area contributed by atoms with Gasteiger partial charge in [0, 0.05) is 6.54 Å². The van der Waals surface area contributed by atoms with Crippen LogP contribution >= 0.6 is 0 Å². The van der Waals surface area contributed by atoms with E-state index in [1.165, 1.54) is 35.2 Å². The van der Waals surface area contributed by atoms with Crippen LogP contribution in [-0.4, -0.2) is 35.2 Å². The number of ether oxygens (including phenoxy) is 1. The van der Waals surface area contributed by atoms with E-state index in [0.717, 1.165) is 5.56 Å². The van der Waals surface area contributed by atoms with Gasteiger partial charge in [-0.15, -0.1) is 0 Å². The van der Waals surface area contributed by atoms with Crippen LogP contribution in [0.5, 0.6) is 5.75 Å². The second kappa shape index (κ2) is 6.97. The van der Waals surface area contributed by atoms with Crippen molar-refractivity contribution in [1.29, 1.82) is 0 Å².